The Bertz CT molecular complexity index is 1460. The highest BCUT2D eigenvalue weighted by Crippen LogP contribution is 2.38. The van der Waals surface area contributed by atoms with E-state index in [9.17, 15) is 4.79 Å². The Kier molecular flexibility index (Phi) is 6.33. The van der Waals surface area contributed by atoms with Gasteiger partial charge in [-0.25, -0.2) is 4.99 Å². The lowest BCUT2D eigenvalue weighted by molar-refractivity contribution is -0.121. The van der Waals surface area contributed by atoms with E-state index in [-0.39, 0.29) is 5.91 Å². The molecule has 0 aliphatic carbocycles. The van der Waals surface area contributed by atoms with Crippen LogP contribution in [0.4, 0.5) is 5.69 Å². The summed E-state index contributed by atoms with van der Waals surface area (Å²) in [6.07, 6.45) is 3.40. The standard InChI is InChI=1S/C27H18Cl2N2O2S/c1-2-15-31-26(32)24(16-18-13-14-23(33-18)25-20(28)10-6-11-21(25)29)34-27(31)30-22-12-5-8-17-7-3-4-9-19(17)22/h2-14,16H,1,15H2. The molecule has 0 bridgehead atoms. The minimum atomic E-state index is -0.155. The molecule has 1 aliphatic rings. The molecular formula is C27H18Cl2N2O2S. The van der Waals surface area contributed by atoms with Crippen LogP contribution in [0.3, 0.4) is 0 Å². The first-order valence-electron chi connectivity index (χ1n) is 10.5. The minimum absolute atomic E-state index is 0.155. The van der Waals surface area contributed by atoms with E-state index in [2.05, 4.69) is 6.58 Å². The number of thioether (sulfide) groups is 1. The van der Waals surface area contributed by atoms with Gasteiger partial charge < -0.3 is 4.42 Å². The van der Waals surface area contributed by atoms with Gasteiger partial charge in [0.25, 0.3) is 5.91 Å². The average molecular weight is 505 g/mol. The van der Waals surface area contributed by atoms with Gasteiger partial charge in [0.2, 0.25) is 0 Å². The van der Waals surface area contributed by atoms with Crippen molar-refractivity contribution in [2.45, 2.75) is 0 Å². The molecule has 0 unspecified atom stereocenters. The maximum atomic E-state index is 13.2. The number of amidine groups is 1. The Morgan fingerprint density at radius 1 is 0.971 bits per heavy atom. The second kappa shape index (κ2) is 9.55. The summed E-state index contributed by atoms with van der Waals surface area (Å²) in [6.45, 7) is 4.14. The van der Waals surface area contributed by atoms with E-state index >= 15 is 0 Å². The molecule has 7 heteroatoms. The van der Waals surface area contributed by atoms with Gasteiger partial charge in [-0.15, -0.1) is 6.58 Å². The number of benzene rings is 3. The Labute approximate surface area is 211 Å². The van der Waals surface area contributed by atoms with Crippen LogP contribution in [0.5, 0.6) is 0 Å². The number of furan rings is 1. The third-order valence-electron chi connectivity index (χ3n) is 5.29. The topological polar surface area (TPSA) is 45.8 Å². The van der Waals surface area contributed by atoms with Crippen molar-refractivity contribution in [3.8, 4) is 11.3 Å². The Balaban J connectivity index is 1.51. The van der Waals surface area contributed by atoms with Crippen molar-refractivity contribution in [3.63, 3.8) is 0 Å². The van der Waals surface area contributed by atoms with Crippen LogP contribution in [0, 0.1) is 0 Å². The van der Waals surface area contributed by atoms with Gasteiger partial charge in [0.15, 0.2) is 5.17 Å². The fourth-order valence-electron chi connectivity index (χ4n) is 3.72. The van der Waals surface area contributed by atoms with Crippen molar-refractivity contribution >= 4 is 68.6 Å². The Morgan fingerprint density at radius 2 is 1.71 bits per heavy atom. The van der Waals surface area contributed by atoms with Crippen LogP contribution in [0.15, 0.2) is 99.8 Å². The summed E-state index contributed by atoms with van der Waals surface area (Å²) in [6, 6.07) is 22.8. The summed E-state index contributed by atoms with van der Waals surface area (Å²) < 4.78 is 5.96. The number of nitrogens with zero attached hydrogens (tertiary/aromatic N) is 2. The van der Waals surface area contributed by atoms with Crippen LogP contribution in [0.1, 0.15) is 5.76 Å². The maximum Gasteiger partial charge on any atom is 0.267 e. The zero-order valence-corrected chi connectivity index (χ0v) is 20.2. The van der Waals surface area contributed by atoms with Crippen molar-refractivity contribution in [3.05, 3.63) is 106 Å². The molecule has 4 aromatic rings. The van der Waals surface area contributed by atoms with Gasteiger partial charge in [-0.05, 0) is 47.5 Å². The zero-order valence-electron chi connectivity index (χ0n) is 17.9. The first kappa shape index (κ1) is 22.5. The molecule has 5 rings (SSSR count). The molecule has 168 valence electrons. The highest BCUT2D eigenvalue weighted by atomic mass is 35.5. The van der Waals surface area contributed by atoms with Crippen LogP contribution in [0.2, 0.25) is 10.0 Å². The van der Waals surface area contributed by atoms with Crippen molar-refractivity contribution in [1.82, 2.24) is 4.90 Å². The Hall–Kier alpha value is -3.25. The molecule has 3 aromatic carbocycles. The average Bonchev–Trinajstić information content (AvgIpc) is 3.40. The molecule has 1 aliphatic heterocycles. The van der Waals surface area contributed by atoms with Crippen molar-refractivity contribution in [1.29, 1.82) is 0 Å². The summed E-state index contributed by atoms with van der Waals surface area (Å²) in [5, 5.41) is 3.69. The number of carbonyl (C=O) groups excluding carboxylic acids is 1. The first-order valence-corrected chi connectivity index (χ1v) is 12.1. The van der Waals surface area contributed by atoms with Crippen LogP contribution in [-0.4, -0.2) is 22.5 Å². The van der Waals surface area contributed by atoms with E-state index < -0.39 is 0 Å². The molecule has 2 heterocycles. The highest BCUT2D eigenvalue weighted by Gasteiger charge is 2.33. The fraction of sp³-hybridized carbons (Fsp3) is 0.0370. The number of hydrogen-bond acceptors (Lipinski definition) is 4. The van der Waals surface area contributed by atoms with Gasteiger partial charge in [0.05, 0.1) is 26.2 Å². The number of carbonyl (C=O) groups is 1. The molecule has 34 heavy (non-hydrogen) atoms. The summed E-state index contributed by atoms with van der Waals surface area (Å²) in [4.78, 5) is 20.1. The smallest absolute Gasteiger partial charge is 0.267 e. The van der Waals surface area contributed by atoms with E-state index in [4.69, 9.17) is 32.6 Å². The molecule has 1 saturated heterocycles. The summed E-state index contributed by atoms with van der Waals surface area (Å²) >= 11 is 13.9. The Morgan fingerprint density at radius 3 is 2.50 bits per heavy atom. The number of fused-ring (bicyclic) bond motifs is 1. The van der Waals surface area contributed by atoms with Gasteiger partial charge in [0.1, 0.15) is 11.5 Å². The molecule has 1 fully saturated rings. The monoisotopic (exact) mass is 504 g/mol. The molecule has 4 nitrogen and oxygen atoms in total. The molecule has 0 radical (unpaired) electrons. The van der Waals surface area contributed by atoms with Gasteiger partial charge in [0, 0.05) is 18.0 Å². The molecule has 1 amide bonds. The second-order valence-electron chi connectivity index (χ2n) is 7.51. The lowest BCUT2D eigenvalue weighted by atomic mass is 10.1. The van der Waals surface area contributed by atoms with E-state index in [1.807, 2.05) is 42.5 Å². The largest absolute Gasteiger partial charge is 0.457 e. The van der Waals surface area contributed by atoms with E-state index in [0.717, 1.165) is 16.5 Å². The lowest BCUT2D eigenvalue weighted by Crippen LogP contribution is -2.29. The number of hydrogen-bond donors (Lipinski definition) is 0. The molecule has 1 aromatic heterocycles. The van der Waals surface area contributed by atoms with Gasteiger partial charge >= 0.3 is 0 Å². The molecule has 0 saturated carbocycles. The van der Waals surface area contributed by atoms with Crippen molar-refractivity contribution in [2.75, 3.05) is 6.54 Å². The third kappa shape index (κ3) is 4.30. The second-order valence-corrected chi connectivity index (χ2v) is 9.33. The minimum Gasteiger partial charge on any atom is -0.457 e. The predicted octanol–water partition coefficient (Wildman–Crippen LogP) is 8.20. The maximum absolute atomic E-state index is 13.2. The lowest BCUT2D eigenvalue weighted by Gasteiger charge is -2.13. The molecule has 0 spiro atoms. The number of aliphatic imine (C=N–C) groups is 1. The van der Waals surface area contributed by atoms with Crippen LogP contribution < -0.4 is 0 Å². The van der Waals surface area contributed by atoms with E-state index in [1.165, 1.54) is 11.8 Å². The van der Waals surface area contributed by atoms with Gasteiger partial charge in [-0.1, -0.05) is 71.7 Å². The van der Waals surface area contributed by atoms with Crippen LogP contribution in [0.25, 0.3) is 28.2 Å². The van der Waals surface area contributed by atoms with Gasteiger partial charge in [-0.2, -0.15) is 0 Å². The number of amides is 1. The van der Waals surface area contributed by atoms with E-state index in [0.29, 0.717) is 43.7 Å². The van der Waals surface area contributed by atoms with Crippen LogP contribution >= 0.6 is 35.0 Å². The van der Waals surface area contributed by atoms with Crippen molar-refractivity contribution in [2.24, 2.45) is 4.99 Å². The normalized spacial score (nSPS) is 16.2. The SMILES string of the molecule is C=CCN1C(=O)C(=Cc2ccc(-c3c(Cl)cccc3Cl)o2)SC1=Nc1cccc2ccccc12. The first-order chi connectivity index (χ1) is 16.5. The molecule has 0 atom stereocenters. The summed E-state index contributed by atoms with van der Waals surface area (Å²) in [5.41, 5.74) is 1.42. The van der Waals surface area contributed by atoms with Crippen LogP contribution in [-0.2, 0) is 4.79 Å². The fourth-order valence-corrected chi connectivity index (χ4v) is 5.28. The summed E-state index contributed by atoms with van der Waals surface area (Å²) in [7, 11) is 0. The predicted molar refractivity (Wildman–Crippen MR) is 143 cm³/mol. The third-order valence-corrected chi connectivity index (χ3v) is 6.93. The highest BCUT2D eigenvalue weighted by molar-refractivity contribution is 8.18. The molecular weight excluding hydrogens is 487 g/mol. The van der Waals surface area contributed by atoms with Gasteiger partial charge in [-0.3, -0.25) is 9.69 Å². The molecule has 0 N–H and O–H groups in total. The number of halogens is 2. The zero-order chi connectivity index (χ0) is 23.7. The summed E-state index contributed by atoms with van der Waals surface area (Å²) in [5.74, 6) is 0.898. The van der Waals surface area contributed by atoms with Crippen molar-refractivity contribution < 1.29 is 9.21 Å². The quantitative estimate of drug-likeness (QED) is 0.203. The van der Waals surface area contributed by atoms with E-state index in [1.54, 1.807) is 47.4 Å². The number of rotatable bonds is 5.